The van der Waals surface area contributed by atoms with Crippen LogP contribution in [0.1, 0.15) is 28.8 Å². The number of anilines is 1. The molecule has 146 valence electrons. The molecule has 3 rings (SSSR count). The molecule has 28 heavy (non-hydrogen) atoms. The van der Waals surface area contributed by atoms with Gasteiger partial charge in [-0.2, -0.15) is 0 Å². The summed E-state index contributed by atoms with van der Waals surface area (Å²) < 4.78 is 6.02. The van der Waals surface area contributed by atoms with E-state index in [4.69, 9.17) is 15.9 Å². The summed E-state index contributed by atoms with van der Waals surface area (Å²) in [6.07, 6.45) is 0.146. The van der Waals surface area contributed by atoms with Crippen molar-refractivity contribution in [3.8, 4) is 5.75 Å². The number of rotatable bonds is 5. The maximum Gasteiger partial charge on any atom is 0.407 e. The van der Waals surface area contributed by atoms with Crippen molar-refractivity contribution in [3.63, 3.8) is 0 Å². The fourth-order valence-corrected chi connectivity index (χ4v) is 3.08. The van der Waals surface area contributed by atoms with Crippen LogP contribution >= 0.6 is 0 Å². The molecule has 5 N–H and O–H groups in total. The summed E-state index contributed by atoms with van der Waals surface area (Å²) >= 11 is 0. The molecule has 1 fully saturated rings. The third-order valence-electron chi connectivity index (χ3n) is 4.53. The molecule has 0 aliphatic carbocycles. The van der Waals surface area contributed by atoms with Gasteiger partial charge in [-0.05, 0) is 31.0 Å². The number of benzene rings is 2. The van der Waals surface area contributed by atoms with Crippen molar-refractivity contribution >= 4 is 23.5 Å². The highest BCUT2D eigenvalue weighted by Gasteiger charge is 2.25. The molecule has 1 aliphatic heterocycles. The monoisotopic (exact) mass is 382 g/mol. The van der Waals surface area contributed by atoms with E-state index < -0.39 is 12.0 Å². The first-order valence-electron chi connectivity index (χ1n) is 8.93. The standard InChI is InChI=1S/C20H22N4O4/c21-18(13-5-2-1-3-6-13)23-16-11-14(19(22)25)8-9-17(16)28-15-7-4-10-24(12-15)20(26)27/h1-3,5-6,8-9,11,15H,4,7,10,12H2,(H2,21,23)(H2,22,25)(H,26,27)/t15-/m0/s1. The highest BCUT2D eigenvalue weighted by molar-refractivity contribution is 6.07. The SMILES string of the molecule is N=C(Nc1cc(C(N)=O)ccc1O[C@H]1CCCN(C(=O)O)C1)c1ccccc1. The average Bonchev–Trinajstić information content (AvgIpc) is 2.70. The van der Waals surface area contributed by atoms with Crippen LogP contribution in [0.25, 0.3) is 0 Å². The van der Waals surface area contributed by atoms with Gasteiger partial charge in [0.2, 0.25) is 5.91 Å². The molecule has 1 heterocycles. The molecule has 0 radical (unpaired) electrons. The number of carbonyl (C=O) groups is 2. The number of amides is 2. The van der Waals surface area contributed by atoms with Crippen molar-refractivity contribution in [2.24, 2.45) is 5.73 Å². The molecule has 1 atom stereocenters. The second-order valence-corrected chi connectivity index (χ2v) is 6.55. The Morgan fingerprint density at radius 1 is 1.18 bits per heavy atom. The molecule has 2 aromatic carbocycles. The van der Waals surface area contributed by atoms with Crippen LogP contribution in [0.15, 0.2) is 48.5 Å². The van der Waals surface area contributed by atoms with Crippen molar-refractivity contribution in [2.75, 3.05) is 18.4 Å². The Hall–Kier alpha value is -3.55. The summed E-state index contributed by atoms with van der Waals surface area (Å²) in [6, 6.07) is 13.8. The largest absolute Gasteiger partial charge is 0.486 e. The molecule has 1 aliphatic rings. The minimum atomic E-state index is -0.971. The van der Waals surface area contributed by atoms with Crippen molar-refractivity contribution in [1.29, 1.82) is 5.41 Å². The zero-order valence-corrected chi connectivity index (χ0v) is 15.2. The van der Waals surface area contributed by atoms with Crippen LogP contribution in [0.2, 0.25) is 0 Å². The van der Waals surface area contributed by atoms with Gasteiger partial charge in [0, 0.05) is 17.7 Å². The Kier molecular flexibility index (Phi) is 5.78. The maximum atomic E-state index is 11.6. The summed E-state index contributed by atoms with van der Waals surface area (Å²) in [7, 11) is 0. The lowest BCUT2D eigenvalue weighted by molar-refractivity contribution is 0.0795. The molecule has 2 aromatic rings. The third-order valence-corrected chi connectivity index (χ3v) is 4.53. The Balaban J connectivity index is 1.83. The molecule has 0 unspecified atom stereocenters. The number of primary amides is 1. The van der Waals surface area contributed by atoms with Crippen LogP contribution in [0.3, 0.4) is 0 Å². The summed E-state index contributed by atoms with van der Waals surface area (Å²) in [5, 5.41) is 20.4. The molecule has 1 saturated heterocycles. The van der Waals surface area contributed by atoms with E-state index in [1.807, 2.05) is 18.2 Å². The molecule has 0 saturated carbocycles. The summed E-state index contributed by atoms with van der Waals surface area (Å²) in [6.45, 7) is 0.752. The van der Waals surface area contributed by atoms with Crippen LogP contribution in [-0.2, 0) is 0 Å². The van der Waals surface area contributed by atoms with E-state index in [1.165, 1.54) is 11.0 Å². The minimum Gasteiger partial charge on any atom is -0.486 e. The van der Waals surface area contributed by atoms with Gasteiger partial charge in [-0.15, -0.1) is 0 Å². The van der Waals surface area contributed by atoms with Gasteiger partial charge < -0.3 is 25.8 Å². The third kappa shape index (κ3) is 4.59. The topological polar surface area (TPSA) is 129 Å². The molecule has 8 nitrogen and oxygen atoms in total. The van der Waals surface area contributed by atoms with Crippen LogP contribution < -0.4 is 15.8 Å². The van der Waals surface area contributed by atoms with E-state index in [2.05, 4.69) is 5.32 Å². The molecule has 0 aromatic heterocycles. The summed E-state index contributed by atoms with van der Waals surface area (Å²) in [5.41, 5.74) is 6.76. The van der Waals surface area contributed by atoms with Gasteiger partial charge in [0.1, 0.15) is 17.7 Å². The van der Waals surface area contributed by atoms with Gasteiger partial charge in [-0.1, -0.05) is 30.3 Å². The minimum absolute atomic E-state index is 0.142. The zero-order chi connectivity index (χ0) is 20.1. The first-order valence-corrected chi connectivity index (χ1v) is 8.93. The van der Waals surface area contributed by atoms with Gasteiger partial charge >= 0.3 is 6.09 Å². The second kappa shape index (κ2) is 8.43. The van der Waals surface area contributed by atoms with Crippen LogP contribution in [0.4, 0.5) is 10.5 Å². The molecular formula is C20H22N4O4. The smallest absolute Gasteiger partial charge is 0.407 e. The number of ether oxygens (including phenoxy) is 1. The lowest BCUT2D eigenvalue weighted by Crippen LogP contribution is -2.43. The Morgan fingerprint density at radius 2 is 1.93 bits per heavy atom. The highest BCUT2D eigenvalue weighted by Crippen LogP contribution is 2.29. The van der Waals surface area contributed by atoms with Crippen molar-refractivity contribution in [1.82, 2.24) is 4.90 Å². The van der Waals surface area contributed by atoms with Crippen LogP contribution in [0, 0.1) is 5.41 Å². The van der Waals surface area contributed by atoms with Crippen LogP contribution in [-0.4, -0.2) is 47.0 Å². The van der Waals surface area contributed by atoms with E-state index in [9.17, 15) is 14.7 Å². The van der Waals surface area contributed by atoms with E-state index in [0.717, 1.165) is 6.42 Å². The number of piperidine rings is 1. The second-order valence-electron chi connectivity index (χ2n) is 6.55. The molecule has 8 heteroatoms. The van der Waals surface area contributed by atoms with Gasteiger partial charge in [-0.25, -0.2) is 4.79 Å². The number of likely N-dealkylation sites (tertiary alicyclic amines) is 1. The lowest BCUT2D eigenvalue weighted by Gasteiger charge is -2.31. The average molecular weight is 382 g/mol. The number of nitrogens with zero attached hydrogens (tertiary/aromatic N) is 1. The maximum absolute atomic E-state index is 11.6. The fraction of sp³-hybridized carbons (Fsp3) is 0.250. The first kappa shape index (κ1) is 19.2. The molecule has 0 spiro atoms. The van der Waals surface area contributed by atoms with Crippen molar-refractivity contribution in [2.45, 2.75) is 18.9 Å². The molecular weight excluding hydrogens is 360 g/mol. The number of nitrogens with one attached hydrogen (secondary N) is 2. The predicted molar refractivity (Wildman–Crippen MR) is 105 cm³/mol. The number of carboxylic acid groups (broad SMARTS) is 1. The highest BCUT2D eigenvalue weighted by atomic mass is 16.5. The zero-order valence-electron chi connectivity index (χ0n) is 15.2. The van der Waals surface area contributed by atoms with Gasteiger partial charge in [0.15, 0.2) is 0 Å². The quantitative estimate of drug-likeness (QED) is 0.467. The van der Waals surface area contributed by atoms with Crippen molar-refractivity contribution in [3.05, 3.63) is 59.7 Å². The number of carbonyl (C=O) groups excluding carboxylic acids is 1. The molecule has 0 bridgehead atoms. The number of nitrogens with two attached hydrogens (primary N) is 1. The molecule has 2 amide bonds. The number of hydrogen-bond acceptors (Lipinski definition) is 4. The predicted octanol–water partition coefficient (Wildman–Crippen LogP) is 2.74. The first-order chi connectivity index (χ1) is 13.4. The Bertz CT molecular complexity index is 885. The summed E-state index contributed by atoms with van der Waals surface area (Å²) in [5.74, 6) is -0.0126. The van der Waals surface area contributed by atoms with E-state index in [0.29, 0.717) is 30.0 Å². The van der Waals surface area contributed by atoms with Gasteiger partial charge in [-0.3, -0.25) is 10.2 Å². The van der Waals surface area contributed by atoms with E-state index in [1.54, 1.807) is 24.3 Å². The summed E-state index contributed by atoms with van der Waals surface area (Å²) in [4.78, 5) is 24.1. The normalized spacial score (nSPS) is 16.3. The lowest BCUT2D eigenvalue weighted by atomic mass is 10.1. The van der Waals surface area contributed by atoms with Gasteiger partial charge in [0.05, 0.1) is 12.2 Å². The van der Waals surface area contributed by atoms with Gasteiger partial charge in [0.25, 0.3) is 0 Å². The van der Waals surface area contributed by atoms with E-state index in [-0.39, 0.29) is 24.0 Å². The van der Waals surface area contributed by atoms with Crippen LogP contribution in [0.5, 0.6) is 5.75 Å². The fourth-order valence-electron chi connectivity index (χ4n) is 3.08. The van der Waals surface area contributed by atoms with Crippen molar-refractivity contribution < 1.29 is 19.4 Å². The number of amidine groups is 1. The Labute approximate surface area is 162 Å². The Morgan fingerprint density at radius 3 is 2.61 bits per heavy atom. The number of hydrogen-bond donors (Lipinski definition) is 4. The van der Waals surface area contributed by atoms with E-state index >= 15 is 0 Å².